The molecule has 0 fully saturated rings. The molecule has 5 heteroatoms. The summed E-state index contributed by atoms with van der Waals surface area (Å²) in [6.07, 6.45) is -4.51. The van der Waals surface area contributed by atoms with Gasteiger partial charge in [0.15, 0.2) is 0 Å². The molecule has 0 saturated carbocycles. The predicted molar refractivity (Wildman–Crippen MR) is 56.4 cm³/mol. The maximum absolute atomic E-state index is 12.4. The summed E-state index contributed by atoms with van der Waals surface area (Å²) in [7, 11) is 1.49. The Morgan fingerprint density at radius 3 is 2.19 bits per heavy atom. The van der Waals surface area contributed by atoms with Gasteiger partial charge in [-0.3, -0.25) is 0 Å². The largest absolute Gasteiger partial charge is 0.497 e. The molecule has 0 radical (unpaired) electrons. The van der Waals surface area contributed by atoms with E-state index in [1.165, 1.54) is 26.2 Å². The molecule has 0 saturated heterocycles. The molecule has 0 heterocycles. The second-order valence-corrected chi connectivity index (χ2v) is 3.11. The van der Waals surface area contributed by atoms with Crippen LogP contribution in [-0.4, -0.2) is 19.0 Å². The van der Waals surface area contributed by atoms with Crippen molar-refractivity contribution in [2.24, 2.45) is 4.99 Å². The topological polar surface area (TPSA) is 21.6 Å². The van der Waals surface area contributed by atoms with Crippen molar-refractivity contribution in [2.45, 2.75) is 19.5 Å². The Labute approximate surface area is 91.8 Å². The average molecular weight is 231 g/mol. The van der Waals surface area contributed by atoms with Gasteiger partial charge in [0.25, 0.3) is 0 Å². The molecule has 1 aromatic rings. The number of hydrogen-bond acceptors (Lipinski definition) is 2. The van der Waals surface area contributed by atoms with Crippen LogP contribution in [0.4, 0.5) is 18.9 Å². The molecule has 0 aliphatic carbocycles. The number of benzene rings is 1. The molecular formula is C11H12F3NO. The van der Waals surface area contributed by atoms with Crippen molar-refractivity contribution in [1.29, 1.82) is 0 Å². The summed E-state index contributed by atoms with van der Waals surface area (Å²) in [5.74, 6) is 0.587. The fourth-order valence-corrected chi connectivity index (χ4v) is 1.16. The zero-order chi connectivity index (χ0) is 12.2. The van der Waals surface area contributed by atoms with Crippen LogP contribution in [0.2, 0.25) is 0 Å². The van der Waals surface area contributed by atoms with E-state index in [4.69, 9.17) is 4.74 Å². The summed E-state index contributed by atoms with van der Waals surface area (Å²) >= 11 is 0. The number of halogens is 3. The quantitative estimate of drug-likeness (QED) is 0.726. The third kappa shape index (κ3) is 3.25. The molecule has 2 nitrogen and oxygen atoms in total. The fourth-order valence-electron chi connectivity index (χ4n) is 1.16. The lowest BCUT2D eigenvalue weighted by atomic mass is 10.2. The van der Waals surface area contributed by atoms with Crippen molar-refractivity contribution in [2.75, 3.05) is 7.11 Å². The van der Waals surface area contributed by atoms with E-state index in [1.54, 1.807) is 12.1 Å². The Kier molecular flexibility index (Phi) is 3.93. The van der Waals surface area contributed by atoms with Gasteiger partial charge >= 0.3 is 6.18 Å². The first-order chi connectivity index (χ1) is 7.47. The van der Waals surface area contributed by atoms with Crippen LogP contribution in [0.5, 0.6) is 5.75 Å². The van der Waals surface area contributed by atoms with E-state index in [2.05, 4.69) is 4.99 Å². The molecule has 0 bridgehead atoms. The molecule has 0 N–H and O–H groups in total. The molecule has 1 aromatic carbocycles. The van der Waals surface area contributed by atoms with Gasteiger partial charge in [0.05, 0.1) is 12.8 Å². The fraction of sp³-hybridized carbons (Fsp3) is 0.364. The summed E-state index contributed by atoms with van der Waals surface area (Å²) in [5, 5.41) is 0. The van der Waals surface area contributed by atoms with Gasteiger partial charge in [0, 0.05) is 0 Å². The van der Waals surface area contributed by atoms with Crippen LogP contribution < -0.4 is 4.74 Å². The second kappa shape index (κ2) is 5.01. The number of methoxy groups -OCH3 is 1. The lowest BCUT2D eigenvalue weighted by molar-refractivity contribution is -0.0602. The highest BCUT2D eigenvalue weighted by atomic mass is 19.4. The molecule has 0 unspecified atom stereocenters. The summed E-state index contributed by atoms with van der Waals surface area (Å²) in [6, 6.07) is 6.12. The van der Waals surface area contributed by atoms with Crippen LogP contribution in [0.1, 0.15) is 13.3 Å². The number of rotatable bonds is 3. The smallest absolute Gasteiger partial charge is 0.429 e. The first kappa shape index (κ1) is 12.5. The van der Waals surface area contributed by atoms with Crippen molar-refractivity contribution < 1.29 is 17.9 Å². The molecule has 0 aliphatic heterocycles. The van der Waals surface area contributed by atoms with Crippen LogP contribution >= 0.6 is 0 Å². The number of nitrogens with zero attached hydrogens (tertiary/aromatic N) is 1. The Balaban J connectivity index is 2.96. The molecule has 0 aliphatic rings. The van der Waals surface area contributed by atoms with E-state index < -0.39 is 11.9 Å². The minimum atomic E-state index is -4.37. The minimum absolute atomic E-state index is 0.143. The van der Waals surface area contributed by atoms with E-state index >= 15 is 0 Å². The van der Waals surface area contributed by atoms with E-state index in [0.29, 0.717) is 5.75 Å². The van der Waals surface area contributed by atoms with Gasteiger partial charge in [0.1, 0.15) is 11.5 Å². The Morgan fingerprint density at radius 1 is 1.25 bits per heavy atom. The lowest BCUT2D eigenvalue weighted by Crippen LogP contribution is -2.21. The molecule has 0 spiro atoms. The van der Waals surface area contributed by atoms with Crippen molar-refractivity contribution in [1.82, 2.24) is 0 Å². The second-order valence-electron chi connectivity index (χ2n) is 3.11. The zero-order valence-corrected chi connectivity index (χ0v) is 9.01. The van der Waals surface area contributed by atoms with E-state index in [9.17, 15) is 13.2 Å². The van der Waals surface area contributed by atoms with Gasteiger partial charge in [-0.15, -0.1) is 0 Å². The number of aliphatic imine (C=N–C) groups is 1. The number of alkyl halides is 3. The Bertz CT molecular complexity index is 368. The molecular weight excluding hydrogens is 219 g/mol. The normalized spacial score (nSPS) is 12.7. The lowest BCUT2D eigenvalue weighted by Gasteiger charge is -2.08. The predicted octanol–water partition coefficient (Wildman–Crippen LogP) is 3.74. The van der Waals surface area contributed by atoms with Gasteiger partial charge in [-0.05, 0) is 30.7 Å². The molecule has 0 atom stereocenters. The number of hydrogen-bond donors (Lipinski definition) is 0. The van der Waals surface area contributed by atoms with E-state index in [0.717, 1.165) is 0 Å². The summed E-state index contributed by atoms with van der Waals surface area (Å²) in [6.45, 7) is 1.43. The van der Waals surface area contributed by atoms with E-state index in [1.807, 2.05) is 0 Å². The van der Waals surface area contributed by atoms with Crippen molar-refractivity contribution in [3.05, 3.63) is 24.3 Å². The van der Waals surface area contributed by atoms with Crippen LogP contribution in [0.15, 0.2) is 29.3 Å². The van der Waals surface area contributed by atoms with Gasteiger partial charge in [-0.2, -0.15) is 13.2 Å². The van der Waals surface area contributed by atoms with Gasteiger partial charge in [0.2, 0.25) is 0 Å². The van der Waals surface area contributed by atoms with E-state index in [-0.39, 0.29) is 12.1 Å². The van der Waals surface area contributed by atoms with Gasteiger partial charge in [-0.1, -0.05) is 6.92 Å². The summed E-state index contributed by atoms with van der Waals surface area (Å²) in [5.41, 5.74) is -0.507. The minimum Gasteiger partial charge on any atom is -0.497 e. The Morgan fingerprint density at radius 2 is 1.81 bits per heavy atom. The van der Waals surface area contributed by atoms with Gasteiger partial charge < -0.3 is 4.74 Å². The molecule has 16 heavy (non-hydrogen) atoms. The van der Waals surface area contributed by atoms with Crippen LogP contribution in [0.3, 0.4) is 0 Å². The number of ether oxygens (including phenoxy) is 1. The highest BCUT2D eigenvalue weighted by molar-refractivity contribution is 5.91. The highest BCUT2D eigenvalue weighted by Gasteiger charge is 2.33. The van der Waals surface area contributed by atoms with Crippen molar-refractivity contribution in [3.8, 4) is 5.75 Å². The van der Waals surface area contributed by atoms with Gasteiger partial charge in [-0.25, -0.2) is 4.99 Å². The monoisotopic (exact) mass is 231 g/mol. The maximum atomic E-state index is 12.4. The van der Waals surface area contributed by atoms with Crippen molar-refractivity contribution >= 4 is 11.4 Å². The molecule has 1 rings (SSSR count). The first-order valence-electron chi connectivity index (χ1n) is 4.76. The third-order valence-corrected chi connectivity index (χ3v) is 2.00. The standard InChI is InChI=1S/C11H12F3NO/c1-3-10(11(12,13)14)15-8-4-6-9(16-2)7-5-8/h4-7H,3H2,1-2H3. The third-order valence-electron chi connectivity index (χ3n) is 2.00. The van der Waals surface area contributed by atoms with Crippen molar-refractivity contribution in [3.63, 3.8) is 0 Å². The average Bonchev–Trinajstić information content (AvgIpc) is 2.25. The maximum Gasteiger partial charge on any atom is 0.429 e. The summed E-state index contributed by atoms with van der Waals surface area (Å²) in [4.78, 5) is 3.56. The van der Waals surface area contributed by atoms with Crippen LogP contribution in [-0.2, 0) is 0 Å². The SMILES string of the molecule is CCC(=Nc1ccc(OC)cc1)C(F)(F)F. The molecule has 88 valence electrons. The molecule has 0 aromatic heterocycles. The first-order valence-corrected chi connectivity index (χ1v) is 4.76. The molecule has 0 amide bonds. The van der Waals surface area contributed by atoms with Crippen LogP contribution in [0.25, 0.3) is 0 Å². The zero-order valence-electron chi connectivity index (χ0n) is 9.01. The summed E-state index contributed by atoms with van der Waals surface area (Å²) < 4.78 is 42.1. The van der Waals surface area contributed by atoms with Crippen LogP contribution in [0, 0.1) is 0 Å². The highest BCUT2D eigenvalue weighted by Crippen LogP contribution is 2.24. The Hall–Kier alpha value is -1.52.